The zero-order valence-corrected chi connectivity index (χ0v) is 19.2. The average Bonchev–Trinajstić information content (AvgIpc) is 2.78. The third kappa shape index (κ3) is 6.90. The first-order valence-electron chi connectivity index (χ1n) is 10.4. The van der Waals surface area contributed by atoms with E-state index in [2.05, 4.69) is 0 Å². The van der Waals surface area contributed by atoms with Crippen molar-refractivity contribution in [3.05, 3.63) is 102 Å². The predicted octanol–water partition coefficient (Wildman–Crippen LogP) is 5.72. The van der Waals surface area contributed by atoms with Gasteiger partial charge in [0.15, 0.2) is 6.10 Å². The number of alkyl halides is 3. The Kier molecular flexibility index (Phi) is 7.94. The fraction of sp³-hybridized carbons (Fsp3) is 0.280. The SMILES string of the molecule is Cc1ccc(S(=O)(=O)OC([C@H](C)N(Cc2ccccc2)Cc2ccccc2)C(F)(F)F)cc1. The van der Waals surface area contributed by atoms with Crippen LogP contribution in [0.15, 0.2) is 89.8 Å². The lowest BCUT2D eigenvalue weighted by atomic mass is 10.1. The van der Waals surface area contributed by atoms with Crippen molar-refractivity contribution in [1.29, 1.82) is 0 Å². The van der Waals surface area contributed by atoms with E-state index >= 15 is 0 Å². The highest BCUT2D eigenvalue weighted by Crippen LogP contribution is 2.32. The van der Waals surface area contributed by atoms with Crippen molar-refractivity contribution in [2.24, 2.45) is 0 Å². The number of aryl methyl sites for hydroxylation is 1. The second-order valence-electron chi connectivity index (χ2n) is 7.94. The largest absolute Gasteiger partial charge is 0.417 e. The van der Waals surface area contributed by atoms with Gasteiger partial charge in [0.05, 0.1) is 4.90 Å². The summed E-state index contributed by atoms with van der Waals surface area (Å²) in [7, 11) is -4.63. The Labute approximate surface area is 192 Å². The smallest absolute Gasteiger partial charge is 0.289 e. The maximum atomic E-state index is 14.1. The van der Waals surface area contributed by atoms with E-state index in [-0.39, 0.29) is 18.0 Å². The molecular weight excluding hydrogens is 451 g/mol. The van der Waals surface area contributed by atoms with Crippen molar-refractivity contribution >= 4 is 10.1 Å². The molecule has 0 N–H and O–H groups in total. The molecule has 33 heavy (non-hydrogen) atoms. The maximum Gasteiger partial charge on any atom is 0.417 e. The lowest BCUT2D eigenvalue weighted by Gasteiger charge is -2.35. The molecule has 8 heteroatoms. The molecule has 0 aliphatic rings. The Morgan fingerprint density at radius 1 is 0.818 bits per heavy atom. The van der Waals surface area contributed by atoms with Crippen LogP contribution in [0.25, 0.3) is 0 Å². The first kappa shape index (κ1) is 25.0. The van der Waals surface area contributed by atoms with Crippen LogP contribution in [0.5, 0.6) is 0 Å². The Balaban J connectivity index is 1.93. The van der Waals surface area contributed by atoms with E-state index in [1.165, 1.54) is 31.2 Å². The van der Waals surface area contributed by atoms with Gasteiger partial charge in [-0.1, -0.05) is 78.4 Å². The fourth-order valence-electron chi connectivity index (χ4n) is 3.48. The van der Waals surface area contributed by atoms with Crippen LogP contribution in [0.1, 0.15) is 23.6 Å². The molecule has 0 aromatic heterocycles. The van der Waals surface area contributed by atoms with Gasteiger partial charge < -0.3 is 0 Å². The molecule has 4 nitrogen and oxygen atoms in total. The molecule has 0 fully saturated rings. The number of benzene rings is 3. The molecule has 0 aliphatic carbocycles. The topological polar surface area (TPSA) is 46.6 Å². The molecule has 176 valence electrons. The van der Waals surface area contributed by atoms with Gasteiger partial charge in [-0.25, -0.2) is 0 Å². The highest BCUT2D eigenvalue weighted by Gasteiger charge is 2.49. The second-order valence-corrected chi connectivity index (χ2v) is 9.51. The van der Waals surface area contributed by atoms with Gasteiger partial charge >= 0.3 is 6.18 Å². The lowest BCUT2D eigenvalue weighted by Crippen LogP contribution is -2.50. The zero-order valence-electron chi connectivity index (χ0n) is 18.4. The number of hydrogen-bond donors (Lipinski definition) is 0. The van der Waals surface area contributed by atoms with Crippen LogP contribution < -0.4 is 0 Å². The Morgan fingerprint density at radius 3 is 1.70 bits per heavy atom. The summed E-state index contributed by atoms with van der Waals surface area (Å²) >= 11 is 0. The number of rotatable bonds is 9. The fourth-order valence-corrected chi connectivity index (χ4v) is 4.60. The minimum absolute atomic E-state index is 0.192. The quantitative estimate of drug-likeness (QED) is 0.370. The molecule has 2 atom stereocenters. The molecular formula is C25H26F3NO3S. The molecule has 3 aromatic rings. The summed E-state index contributed by atoms with van der Waals surface area (Å²) in [5.74, 6) is 0. The van der Waals surface area contributed by atoms with E-state index in [1.54, 1.807) is 36.1 Å². The molecule has 0 amide bonds. The number of halogens is 3. The summed E-state index contributed by atoms with van der Waals surface area (Å²) in [6, 6.07) is 22.4. The lowest BCUT2D eigenvalue weighted by molar-refractivity contribution is -0.211. The zero-order chi connectivity index (χ0) is 24.1. The Hall–Kier alpha value is -2.68. The second kappa shape index (κ2) is 10.5. The summed E-state index contributed by atoms with van der Waals surface area (Å²) < 4.78 is 72.6. The molecule has 0 aliphatic heterocycles. The summed E-state index contributed by atoms with van der Waals surface area (Å²) in [6.07, 6.45) is -7.45. The van der Waals surface area contributed by atoms with Crippen LogP contribution in [0.3, 0.4) is 0 Å². The highest BCUT2D eigenvalue weighted by atomic mass is 32.2. The first-order valence-corrected chi connectivity index (χ1v) is 11.9. The van der Waals surface area contributed by atoms with Gasteiger partial charge in [-0.3, -0.25) is 9.08 Å². The minimum atomic E-state index is -4.90. The molecule has 0 radical (unpaired) electrons. The average molecular weight is 478 g/mol. The monoisotopic (exact) mass is 477 g/mol. The molecule has 0 bridgehead atoms. The van der Waals surface area contributed by atoms with E-state index in [9.17, 15) is 21.6 Å². The van der Waals surface area contributed by atoms with Gasteiger partial charge in [0.1, 0.15) is 0 Å². The highest BCUT2D eigenvalue weighted by molar-refractivity contribution is 7.86. The van der Waals surface area contributed by atoms with Crippen LogP contribution in [0.4, 0.5) is 13.2 Å². The molecule has 3 rings (SSSR count). The van der Waals surface area contributed by atoms with Crippen LogP contribution in [0.2, 0.25) is 0 Å². The van der Waals surface area contributed by atoms with Gasteiger partial charge in [0.25, 0.3) is 10.1 Å². The van der Waals surface area contributed by atoms with E-state index in [4.69, 9.17) is 4.18 Å². The normalized spacial score (nSPS) is 14.2. The van der Waals surface area contributed by atoms with Gasteiger partial charge in [-0.2, -0.15) is 21.6 Å². The third-order valence-corrected chi connectivity index (χ3v) is 6.64. The van der Waals surface area contributed by atoms with Gasteiger partial charge in [-0.05, 0) is 37.1 Å². The molecule has 1 unspecified atom stereocenters. The molecule has 0 saturated carbocycles. The summed E-state index contributed by atoms with van der Waals surface area (Å²) in [6.45, 7) is 3.48. The van der Waals surface area contributed by atoms with Crippen LogP contribution in [0, 0.1) is 6.92 Å². The van der Waals surface area contributed by atoms with Crippen molar-refractivity contribution in [2.45, 2.75) is 50.2 Å². The Bertz CT molecular complexity index is 1080. The Morgan fingerprint density at radius 2 is 1.27 bits per heavy atom. The van der Waals surface area contributed by atoms with E-state index < -0.39 is 28.4 Å². The van der Waals surface area contributed by atoms with Crippen molar-refractivity contribution in [1.82, 2.24) is 4.90 Å². The number of nitrogens with zero attached hydrogens (tertiary/aromatic N) is 1. The molecule has 0 spiro atoms. The van der Waals surface area contributed by atoms with Crippen LogP contribution >= 0.6 is 0 Å². The number of hydrogen-bond acceptors (Lipinski definition) is 4. The van der Waals surface area contributed by atoms with Gasteiger partial charge in [-0.15, -0.1) is 0 Å². The van der Waals surface area contributed by atoms with Crippen molar-refractivity contribution in [3.63, 3.8) is 0 Å². The summed E-state index contributed by atoms with van der Waals surface area (Å²) in [5.41, 5.74) is 2.40. The standard InChI is InChI=1S/C25H26F3NO3S/c1-19-13-15-23(16-14-19)33(30,31)32-24(25(26,27)28)20(2)29(17-21-9-5-3-6-10-21)18-22-11-7-4-8-12-22/h3-16,20,24H,17-18H2,1-2H3/t20-,24?/m0/s1. The van der Waals surface area contributed by atoms with Gasteiger partial charge in [0.2, 0.25) is 0 Å². The predicted molar refractivity (Wildman–Crippen MR) is 121 cm³/mol. The van der Waals surface area contributed by atoms with Crippen molar-refractivity contribution < 1.29 is 25.8 Å². The molecule has 0 saturated heterocycles. The summed E-state index contributed by atoms with van der Waals surface area (Å²) in [4.78, 5) is 1.26. The van der Waals surface area contributed by atoms with Crippen LogP contribution in [-0.4, -0.2) is 31.6 Å². The summed E-state index contributed by atoms with van der Waals surface area (Å²) in [5, 5.41) is 0. The first-order chi connectivity index (χ1) is 15.6. The van der Waals surface area contributed by atoms with E-state index in [0.717, 1.165) is 16.7 Å². The minimum Gasteiger partial charge on any atom is -0.289 e. The maximum absolute atomic E-state index is 14.1. The van der Waals surface area contributed by atoms with E-state index in [1.807, 2.05) is 36.4 Å². The molecule has 3 aromatic carbocycles. The van der Waals surface area contributed by atoms with E-state index in [0.29, 0.717) is 0 Å². The third-order valence-electron chi connectivity index (χ3n) is 5.33. The molecule has 0 heterocycles. The van der Waals surface area contributed by atoms with Gasteiger partial charge in [0, 0.05) is 19.1 Å². The van der Waals surface area contributed by atoms with Crippen molar-refractivity contribution in [3.8, 4) is 0 Å². The van der Waals surface area contributed by atoms with Crippen molar-refractivity contribution in [2.75, 3.05) is 0 Å². The van der Waals surface area contributed by atoms with Crippen LogP contribution in [-0.2, 0) is 27.4 Å².